The quantitative estimate of drug-likeness (QED) is 0.675. The van der Waals surface area contributed by atoms with Gasteiger partial charge in [-0.25, -0.2) is 0 Å². The van der Waals surface area contributed by atoms with E-state index < -0.39 is 17.1 Å². The van der Waals surface area contributed by atoms with Gasteiger partial charge in [0.25, 0.3) is 0 Å². The molecule has 4 fully saturated rings. The lowest BCUT2D eigenvalue weighted by Crippen LogP contribution is -2.55. The van der Waals surface area contributed by atoms with E-state index in [1.807, 2.05) is 20.8 Å². The van der Waals surface area contributed by atoms with Gasteiger partial charge in [-0.15, -0.1) is 0 Å². The first-order valence-corrected chi connectivity index (χ1v) is 9.22. The van der Waals surface area contributed by atoms with Crippen molar-refractivity contribution in [1.29, 1.82) is 0 Å². The molecule has 0 amide bonds. The minimum absolute atomic E-state index is 0.00944. The van der Waals surface area contributed by atoms with Crippen molar-refractivity contribution in [3.05, 3.63) is 12.2 Å². The Morgan fingerprint density at radius 1 is 1.13 bits per heavy atom. The molecule has 4 aliphatic rings. The van der Waals surface area contributed by atoms with E-state index >= 15 is 0 Å². The minimum atomic E-state index is -0.653. The van der Waals surface area contributed by atoms with Crippen molar-refractivity contribution in [2.24, 2.45) is 34.5 Å². The number of aliphatic hydroxyl groups excluding tert-OH is 1. The number of Topliss-reactive ketones (excluding diaryl/α,β-unsaturated/α-hetero) is 1. The molecule has 23 heavy (non-hydrogen) atoms. The Morgan fingerprint density at radius 3 is 2.52 bits per heavy atom. The van der Waals surface area contributed by atoms with Crippen molar-refractivity contribution in [3.8, 4) is 0 Å². The van der Waals surface area contributed by atoms with Crippen LogP contribution in [0.2, 0.25) is 0 Å². The number of carbonyl (C=O) groups excluding carboxylic acids is 1. The second-order valence-corrected chi connectivity index (χ2v) is 9.76. The number of carbonyl (C=O) groups is 1. The molecule has 3 nitrogen and oxygen atoms in total. The molecule has 0 radical (unpaired) electrons. The summed E-state index contributed by atoms with van der Waals surface area (Å²) in [6.07, 6.45) is 5.02. The SMILES string of the molecule is C=C1C2CC[C@@H]3CC2(C[C@H]2C(=O)C(C)(C)[C@@H](O)C[C@H]12)C[C@]3(C)O. The maximum Gasteiger partial charge on any atom is 0.144 e. The summed E-state index contributed by atoms with van der Waals surface area (Å²) in [5.74, 6) is 1.15. The second-order valence-electron chi connectivity index (χ2n) is 9.76. The smallest absolute Gasteiger partial charge is 0.144 e. The summed E-state index contributed by atoms with van der Waals surface area (Å²) in [7, 11) is 0. The van der Waals surface area contributed by atoms with Gasteiger partial charge in [0.15, 0.2) is 0 Å². The highest BCUT2D eigenvalue weighted by atomic mass is 16.3. The number of fused-ring (bicyclic) bond motifs is 2. The highest BCUT2D eigenvalue weighted by Crippen LogP contribution is 2.67. The molecule has 128 valence electrons. The summed E-state index contributed by atoms with van der Waals surface area (Å²) in [6, 6.07) is 0. The molecule has 0 saturated heterocycles. The molecular formula is C20H30O3. The van der Waals surface area contributed by atoms with Gasteiger partial charge in [-0.1, -0.05) is 26.0 Å². The zero-order valence-electron chi connectivity index (χ0n) is 14.6. The molecule has 2 N–H and O–H groups in total. The number of hydrogen-bond acceptors (Lipinski definition) is 3. The molecule has 4 aliphatic carbocycles. The fourth-order valence-corrected chi connectivity index (χ4v) is 6.73. The van der Waals surface area contributed by atoms with Crippen LogP contribution in [0.15, 0.2) is 12.2 Å². The average Bonchev–Trinajstić information content (AvgIpc) is 2.65. The van der Waals surface area contributed by atoms with Gasteiger partial charge in [-0.2, -0.15) is 0 Å². The van der Waals surface area contributed by atoms with Crippen LogP contribution in [0.1, 0.15) is 59.3 Å². The molecule has 0 aromatic heterocycles. The Hall–Kier alpha value is -0.670. The molecule has 4 saturated carbocycles. The first kappa shape index (κ1) is 15.8. The van der Waals surface area contributed by atoms with Gasteiger partial charge in [0, 0.05) is 11.3 Å². The van der Waals surface area contributed by atoms with Crippen molar-refractivity contribution in [2.75, 3.05) is 0 Å². The fraction of sp³-hybridized carbons (Fsp3) is 0.850. The number of allylic oxidation sites excluding steroid dienone is 1. The number of rotatable bonds is 0. The van der Waals surface area contributed by atoms with E-state index in [0.717, 1.165) is 32.1 Å². The Balaban J connectivity index is 1.73. The number of ketones is 1. The Labute approximate surface area is 139 Å². The van der Waals surface area contributed by atoms with Crippen LogP contribution in [0.25, 0.3) is 0 Å². The molecular weight excluding hydrogens is 288 g/mol. The predicted octanol–water partition coefficient (Wildman–Crippen LogP) is 3.10. The summed E-state index contributed by atoms with van der Waals surface area (Å²) in [6.45, 7) is 10.2. The van der Waals surface area contributed by atoms with E-state index in [9.17, 15) is 15.0 Å². The van der Waals surface area contributed by atoms with Gasteiger partial charge < -0.3 is 10.2 Å². The third kappa shape index (κ3) is 1.93. The third-order valence-electron chi connectivity index (χ3n) is 8.10. The molecule has 3 heteroatoms. The first-order chi connectivity index (χ1) is 10.6. The largest absolute Gasteiger partial charge is 0.392 e. The minimum Gasteiger partial charge on any atom is -0.392 e. The third-order valence-corrected chi connectivity index (χ3v) is 8.10. The lowest BCUT2D eigenvalue weighted by molar-refractivity contribution is -0.151. The Morgan fingerprint density at radius 2 is 1.83 bits per heavy atom. The second kappa shape index (κ2) is 4.49. The zero-order chi connectivity index (χ0) is 16.8. The van der Waals surface area contributed by atoms with Crippen molar-refractivity contribution in [3.63, 3.8) is 0 Å². The Bertz CT molecular complexity index is 575. The Kier molecular flexibility index (Phi) is 3.09. The molecule has 0 heterocycles. The summed E-state index contributed by atoms with van der Waals surface area (Å²) in [5, 5.41) is 21.3. The average molecular weight is 318 g/mol. The fourth-order valence-electron chi connectivity index (χ4n) is 6.73. The summed E-state index contributed by atoms with van der Waals surface area (Å²) in [4.78, 5) is 13.1. The number of aliphatic hydroxyl groups is 2. The van der Waals surface area contributed by atoms with Gasteiger partial charge in [0.2, 0.25) is 0 Å². The van der Waals surface area contributed by atoms with Crippen molar-refractivity contribution in [2.45, 2.75) is 71.0 Å². The van der Waals surface area contributed by atoms with Crippen LogP contribution >= 0.6 is 0 Å². The highest BCUT2D eigenvalue weighted by Gasteiger charge is 2.64. The van der Waals surface area contributed by atoms with Gasteiger partial charge in [0.1, 0.15) is 5.78 Å². The molecule has 0 aromatic carbocycles. The van der Waals surface area contributed by atoms with Gasteiger partial charge in [0.05, 0.1) is 11.7 Å². The van der Waals surface area contributed by atoms with E-state index in [0.29, 0.717) is 18.3 Å². The van der Waals surface area contributed by atoms with Crippen LogP contribution in [0, 0.1) is 34.5 Å². The summed E-state index contributed by atoms with van der Waals surface area (Å²) >= 11 is 0. The highest BCUT2D eigenvalue weighted by molar-refractivity contribution is 5.88. The van der Waals surface area contributed by atoms with Gasteiger partial charge in [-0.3, -0.25) is 4.79 Å². The standard InChI is InChI=1S/C20H30O3/c1-11-13-7-16(21)18(2,3)17(22)14(13)9-20-8-12(5-6-15(11)20)19(4,23)10-20/h12-16,21,23H,1,5-10H2,2-4H3/t12-,13-,14-,15?,16+,19+,20?/m1/s1. The maximum absolute atomic E-state index is 13.1. The van der Waals surface area contributed by atoms with E-state index in [-0.39, 0.29) is 23.0 Å². The van der Waals surface area contributed by atoms with Gasteiger partial charge >= 0.3 is 0 Å². The summed E-state index contributed by atoms with van der Waals surface area (Å²) in [5.41, 5.74) is 0.0215. The molecule has 4 rings (SSSR count). The van der Waals surface area contributed by atoms with Crippen LogP contribution in [0.5, 0.6) is 0 Å². The molecule has 2 unspecified atom stereocenters. The van der Waals surface area contributed by atoms with Crippen LogP contribution in [0.3, 0.4) is 0 Å². The number of hydrogen-bond donors (Lipinski definition) is 2. The van der Waals surface area contributed by atoms with E-state index in [4.69, 9.17) is 0 Å². The normalized spacial score (nSPS) is 54.6. The molecule has 0 aromatic rings. The monoisotopic (exact) mass is 318 g/mol. The van der Waals surface area contributed by atoms with Crippen molar-refractivity contribution >= 4 is 5.78 Å². The zero-order valence-corrected chi connectivity index (χ0v) is 14.6. The van der Waals surface area contributed by atoms with Crippen LogP contribution in [0.4, 0.5) is 0 Å². The maximum atomic E-state index is 13.1. The molecule has 0 aliphatic heterocycles. The van der Waals surface area contributed by atoms with E-state index in [1.54, 1.807) is 0 Å². The van der Waals surface area contributed by atoms with Crippen LogP contribution in [-0.2, 0) is 4.79 Å². The lowest BCUT2D eigenvalue weighted by Gasteiger charge is -2.55. The molecule has 1 spiro atoms. The predicted molar refractivity (Wildman–Crippen MR) is 88.7 cm³/mol. The first-order valence-electron chi connectivity index (χ1n) is 9.22. The molecule has 2 bridgehead atoms. The van der Waals surface area contributed by atoms with E-state index in [2.05, 4.69) is 6.58 Å². The lowest BCUT2D eigenvalue weighted by atomic mass is 9.48. The summed E-state index contributed by atoms with van der Waals surface area (Å²) < 4.78 is 0. The van der Waals surface area contributed by atoms with E-state index in [1.165, 1.54) is 5.57 Å². The van der Waals surface area contributed by atoms with Crippen molar-refractivity contribution < 1.29 is 15.0 Å². The van der Waals surface area contributed by atoms with Crippen LogP contribution < -0.4 is 0 Å². The topological polar surface area (TPSA) is 57.5 Å². The van der Waals surface area contributed by atoms with Crippen molar-refractivity contribution in [1.82, 2.24) is 0 Å². The molecule has 7 atom stereocenters. The van der Waals surface area contributed by atoms with Gasteiger partial charge in [-0.05, 0) is 68.6 Å². The van der Waals surface area contributed by atoms with Crippen LogP contribution in [-0.4, -0.2) is 27.7 Å².